The van der Waals surface area contributed by atoms with Crippen molar-refractivity contribution in [1.82, 2.24) is 16.0 Å². The predicted molar refractivity (Wildman–Crippen MR) is 81.3 cm³/mol. The molecule has 1 heterocycles. The van der Waals surface area contributed by atoms with Gasteiger partial charge in [-0.3, -0.25) is 0 Å². The Kier molecular flexibility index (Phi) is 6.78. The van der Waals surface area contributed by atoms with E-state index in [2.05, 4.69) is 16.0 Å². The highest BCUT2D eigenvalue weighted by Gasteiger charge is 2.27. The van der Waals surface area contributed by atoms with Gasteiger partial charge in [-0.2, -0.15) is 0 Å². The molecule has 6 heteroatoms. The molecule has 3 N–H and O–H groups in total. The van der Waals surface area contributed by atoms with Crippen molar-refractivity contribution in [3.05, 3.63) is 35.4 Å². The number of hydrogen-bond donors (Lipinski definition) is 3. The Bertz CT molecular complexity index is 425. The lowest BCUT2D eigenvalue weighted by atomic mass is 10.1. The first-order chi connectivity index (χ1) is 9.19. The minimum absolute atomic E-state index is 0. The molecular weight excluding hydrogens is 278 g/mol. The first-order valence-corrected chi connectivity index (χ1v) is 6.52. The second-order valence-corrected chi connectivity index (χ2v) is 4.85. The lowest BCUT2D eigenvalue weighted by molar-refractivity contribution is 0.0983. The lowest BCUT2D eigenvalue weighted by Gasteiger charge is -2.18. The number of carbonyl (C=O) groups is 1. The molecule has 1 saturated heterocycles. The number of benzene rings is 1. The summed E-state index contributed by atoms with van der Waals surface area (Å²) in [4.78, 5) is 11.8. The molecule has 2 atom stereocenters. The van der Waals surface area contributed by atoms with E-state index in [0.29, 0.717) is 6.54 Å². The maximum Gasteiger partial charge on any atom is 0.315 e. The van der Waals surface area contributed by atoms with Crippen molar-refractivity contribution in [1.29, 1.82) is 0 Å². The lowest BCUT2D eigenvalue weighted by Crippen LogP contribution is -2.47. The summed E-state index contributed by atoms with van der Waals surface area (Å²) in [6.45, 7) is 4.10. The third-order valence-corrected chi connectivity index (χ3v) is 3.35. The van der Waals surface area contributed by atoms with Gasteiger partial charge in [-0.25, -0.2) is 4.79 Å². The van der Waals surface area contributed by atoms with Crippen LogP contribution in [0.2, 0.25) is 0 Å². The highest BCUT2D eigenvalue weighted by Crippen LogP contribution is 2.04. The van der Waals surface area contributed by atoms with Crippen molar-refractivity contribution < 1.29 is 9.53 Å². The number of methoxy groups -OCH3 is 1. The van der Waals surface area contributed by atoms with Crippen LogP contribution < -0.4 is 16.0 Å². The van der Waals surface area contributed by atoms with Crippen LogP contribution in [-0.4, -0.2) is 38.4 Å². The third-order valence-electron chi connectivity index (χ3n) is 3.35. The molecule has 1 aromatic rings. The largest absolute Gasteiger partial charge is 0.378 e. The topological polar surface area (TPSA) is 62.4 Å². The molecule has 0 radical (unpaired) electrons. The summed E-state index contributed by atoms with van der Waals surface area (Å²) in [7, 11) is 1.66. The van der Waals surface area contributed by atoms with Crippen LogP contribution >= 0.6 is 12.4 Å². The molecule has 5 nitrogen and oxygen atoms in total. The number of halogens is 1. The van der Waals surface area contributed by atoms with Gasteiger partial charge >= 0.3 is 6.03 Å². The minimum atomic E-state index is -0.156. The number of urea groups is 1. The molecule has 2 amide bonds. The van der Waals surface area contributed by atoms with E-state index in [1.165, 1.54) is 5.56 Å². The Hall–Kier alpha value is -1.30. The fourth-order valence-corrected chi connectivity index (χ4v) is 2.15. The van der Waals surface area contributed by atoms with Crippen molar-refractivity contribution in [3.63, 3.8) is 0 Å². The van der Waals surface area contributed by atoms with Gasteiger partial charge in [0.05, 0.1) is 12.1 Å². The molecule has 0 saturated carbocycles. The number of aryl methyl sites for hydroxylation is 1. The summed E-state index contributed by atoms with van der Waals surface area (Å²) in [5.41, 5.74) is 2.31. The summed E-state index contributed by atoms with van der Waals surface area (Å²) in [6, 6.07) is 7.99. The number of hydrogen-bond acceptors (Lipinski definition) is 3. The van der Waals surface area contributed by atoms with E-state index in [9.17, 15) is 4.79 Å². The van der Waals surface area contributed by atoms with Crippen LogP contribution in [0.25, 0.3) is 0 Å². The first-order valence-electron chi connectivity index (χ1n) is 6.52. The van der Waals surface area contributed by atoms with Crippen LogP contribution in [0, 0.1) is 6.92 Å². The fourth-order valence-electron chi connectivity index (χ4n) is 2.15. The van der Waals surface area contributed by atoms with Gasteiger partial charge < -0.3 is 20.7 Å². The smallest absolute Gasteiger partial charge is 0.315 e. The fraction of sp³-hybridized carbons (Fsp3) is 0.500. The SMILES string of the molecule is CO[C@H]1CNC[C@@H]1NC(=O)NCc1ccc(C)cc1.Cl. The van der Waals surface area contributed by atoms with E-state index < -0.39 is 0 Å². The van der Waals surface area contributed by atoms with Gasteiger partial charge in [0.15, 0.2) is 0 Å². The van der Waals surface area contributed by atoms with Gasteiger partial charge in [0.1, 0.15) is 0 Å². The van der Waals surface area contributed by atoms with Crippen molar-refractivity contribution in [2.24, 2.45) is 0 Å². The zero-order valence-electron chi connectivity index (χ0n) is 11.8. The molecule has 0 aliphatic carbocycles. The van der Waals surface area contributed by atoms with Crippen LogP contribution in [0.4, 0.5) is 4.79 Å². The molecule has 112 valence electrons. The van der Waals surface area contributed by atoms with Gasteiger partial charge in [-0.05, 0) is 12.5 Å². The molecule has 0 spiro atoms. The molecule has 0 unspecified atom stereocenters. The summed E-state index contributed by atoms with van der Waals surface area (Å²) < 4.78 is 5.30. The summed E-state index contributed by atoms with van der Waals surface area (Å²) in [5.74, 6) is 0. The molecule has 1 aromatic carbocycles. The molecule has 1 aliphatic rings. The Balaban J connectivity index is 0.00000200. The van der Waals surface area contributed by atoms with Gasteiger partial charge in [-0.15, -0.1) is 12.4 Å². The number of amides is 2. The maximum atomic E-state index is 11.8. The average molecular weight is 300 g/mol. The summed E-state index contributed by atoms with van der Waals surface area (Å²) in [5, 5.41) is 8.97. The zero-order valence-corrected chi connectivity index (χ0v) is 12.6. The van der Waals surface area contributed by atoms with Gasteiger partial charge in [-0.1, -0.05) is 29.8 Å². The number of carbonyl (C=O) groups excluding carboxylic acids is 1. The maximum absolute atomic E-state index is 11.8. The van der Waals surface area contributed by atoms with Crippen molar-refractivity contribution in [2.75, 3.05) is 20.2 Å². The second kappa shape index (κ2) is 8.09. The average Bonchev–Trinajstić information content (AvgIpc) is 2.85. The first kappa shape index (κ1) is 16.8. The summed E-state index contributed by atoms with van der Waals surface area (Å²) in [6.07, 6.45) is 0.0464. The van der Waals surface area contributed by atoms with Crippen LogP contribution in [0.1, 0.15) is 11.1 Å². The van der Waals surface area contributed by atoms with Gasteiger partial charge in [0, 0.05) is 26.7 Å². The molecule has 2 rings (SSSR count). The second-order valence-electron chi connectivity index (χ2n) is 4.85. The van der Waals surface area contributed by atoms with E-state index in [1.54, 1.807) is 7.11 Å². The highest BCUT2D eigenvalue weighted by atomic mass is 35.5. The van der Waals surface area contributed by atoms with Crippen LogP contribution in [-0.2, 0) is 11.3 Å². The Morgan fingerprint density at radius 1 is 1.35 bits per heavy atom. The Morgan fingerprint density at radius 3 is 2.70 bits per heavy atom. The standard InChI is InChI=1S/C14H21N3O2.ClH/c1-10-3-5-11(6-4-10)7-16-14(18)17-12-8-15-9-13(12)19-2;/h3-6,12-13,15H,7-9H2,1-2H3,(H2,16,17,18);1H/t12-,13-;/m0./s1. The third kappa shape index (κ3) is 4.67. The molecule has 1 fully saturated rings. The highest BCUT2D eigenvalue weighted by molar-refractivity contribution is 5.85. The van der Waals surface area contributed by atoms with E-state index in [4.69, 9.17) is 4.74 Å². The van der Waals surface area contributed by atoms with Crippen molar-refractivity contribution in [3.8, 4) is 0 Å². The van der Waals surface area contributed by atoms with Crippen LogP contribution in [0.3, 0.4) is 0 Å². The van der Waals surface area contributed by atoms with E-state index in [0.717, 1.165) is 18.7 Å². The monoisotopic (exact) mass is 299 g/mol. The quantitative estimate of drug-likeness (QED) is 0.783. The summed E-state index contributed by atoms with van der Waals surface area (Å²) >= 11 is 0. The molecule has 0 bridgehead atoms. The Morgan fingerprint density at radius 2 is 2.05 bits per heavy atom. The minimum Gasteiger partial charge on any atom is -0.378 e. The van der Waals surface area contributed by atoms with Crippen LogP contribution in [0.15, 0.2) is 24.3 Å². The number of ether oxygens (including phenoxy) is 1. The number of rotatable bonds is 4. The zero-order chi connectivity index (χ0) is 13.7. The molecule has 1 aliphatic heterocycles. The van der Waals surface area contributed by atoms with Crippen molar-refractivity contribution >= 4 is 18.4 Å². The molecule has 0 aromatic heterocycles. The number of nitrogens with one attached hydrogen (secondary N) is 3. The molecule has 20 heavy (non-hydrogen) atoms. The van der Waals surface area contributed by atoms with Gasteiger partial charge in [0.2, 0.25) is 0 Å². The normalized spacial score (nSPS) is 21.1. The van der Waals surface area contributed by atoms with E-state index in [1.807, 2.05) is 31.2 Å². The van der Waals surface area contributed by atoms with Crippen LogP contribution in [0.5, 0.6) is 0 Å². The predicted octanol–water partition coefficient (Wildman–Crippen LogP) is 1.20. The molecular formula is C14H22ClN3O2. The Labute approximate surface area is 125 Å². The van der Waals surface area contributed by atoms with E-state index in [-0.39, 0.29) is 30.6 Å². The van der Waals surface area contributed by atoms with Gasteiger partial charge in [0.25, 0.3) is 0 Å². The van der Waals surface area contributed by atoms with E-state index >= 15 is 0 Å². The van der Waals surface area contributed by atoms with Crippen molar-refractivity contribution in [2.45, 2.75) is 25.6 Å².